The molecule has 0 bridgehead atoms. The minimum absolute atomic E-state index is 0.0240. The zero-order valence-electron chi connectivity index (χ0n) is 50.0. The zero-order valence-corrected chi connectivity index (χ0v) is 38.0. The summed E-state index contributed by atoms with van der Waals surface area (Å²) in [5.74, 6) is 0. The molecule has 0 aliphatic carbocycles. The van der Waals surface area contributed by atoms with E-state index in [1.54, 1.807) is 30.3 Å². The Morgan fingerprint density at radius 2 is 0.970 bits per heavy atom. The lowest BCUT2D eigenvalue weighted by molar-refractivity contribution is 0.670. The van der Waals surface area contributed by atoms with Crippen molar-refractivity contribution in [2.24, 2.45) is 0 Å². The van der Waals surface area contributed by atoms with Gasteiger partial charge in [-0.15, -0.1) is 0 Å². The van der Waals surface area contributed by atoms with Crippen molar-refractivity contribution >= 4 is 35.2 Å². The molecular formula is C61H52N4OSi. The molecule has 0 fully saturated rings. The van der Waals surface area contributed by atoms with Gasteiger partial charge in [0.1, 0.15) is 11.2 Å². The maximum absolute atomic E-state index is 10.3. The van der Waals surface area contributed by atoms with Gasteiger partial charge < -0.3 is 4.42 Å². The van der Waals surface area contributed by atoms with Gasteiger partial charge in [-0.2, -0.15) is 5.26 Å². The molecule has 10 aromatic rings. The number of nitriles is 1. The summed E-state index contributed by atoms with van der Waals surface area (Å²) in [6.07, 6.45) is -14.7. The molecule has 4 aromatic heterocycles. The van der Waals surface area contributed by atoms with Crippen LogP contribution in [0.15, 0.2) is 193 Å². The number of hydrogen-bond donors (Lipinski definition) is 0. The average Bonchev–Trinajstić information content (AvgIpc) is 3.83. The summed E-state index contributed by atoms with van der Waals surface area (Å²) in [7, 11) is -1.66. The molecule has 10 rings (SSSR count). The molecule has 0 saturated carbocycles. The fourth-order valence-electron chi connectivity index (χ4n) is 7.90. The van der Waals surface area contributed by atoms with Crippen LogP contribution in [0.4, 0.5) is 0 Å². The first kappa shape index (κ1) is 30.5. The predicted octanol–water partition coefficient (Wildman–Crippen LogP) is 14.2. The fourth-order valence-corrected chi connectivity index (χ4v) is 9.07. The number of rotatable bonds is 14. The van der Waals surface area contributed by atoms with Gasteiger partial charge in [0, 0.05) is 68.1 Å². The van der Waals surface area contributed by atoms with Crippen LogP contribution in [-0.2, 0) is 38.2 Å². The van der Waals surface area contributed by atoms with Crippen LogP contribution in [0.3, 0.4) is 0 Å². The van der Waals surface area contributed by atoms with Gasteiger partial charge in [0.05, 0.1) is 38.2 Å². The molecule has 6 heteroatoms. The molecule has 0 unspecified atom stereocenters. The van der Waals surface area contributed by atoms with Crippen molar-refractivity contribution in [3.63, 3.8) is 0 Å². The van der Waals surface area contributed by atoms with E-state index in [2.05, 4.69) is 40.7 Å². The van der Waals surface area contributed by atoms with E-state index in [-0.39, 0.29) is 28.3 Å². The third kappa shape index (κ3) is 9.65. The minimum Gasteiger partial charge on any atom is -0.455 e. The molecule has 0 atom stereocenters. The summed E-state index contributed by atoms with van der Waals surface area (Å²) in [5.41, 5.74) is 2.95. The van der Waals surface area contributed by atoms with Gasteiger partial charge in [-0.1, -0.05) is 158 Å². The minimum atomic E-state index is -3.15. The molecule has 0 aliphatic rings. The molecule has 0 N–H and O–H groups in total. The molecule has 5 nitrogen and oxygen atoms in total. The number of benzene rings is 6. The zero-order chi connectivity index (χ0) is 57.4. The van der Waals surface area contributed by atoms with Crippen molar-refractivity contribution in [2.45, 2.75) is 57.9 Å². The molecular weight excluding hydrogens is 833 g/mol. The Hall–Kier alpha value is -7.72. The van der Waals surface area contributed by atoms with Gasteiger partial charge in [0.25, 0.3) is 0 Å². The van der Waals surface area contributed by atoms with E-state index in [0.717, 1.165) is 35.5 Å². The molecule has 4 heterocycles. The van der Waals surface area contributed by atoms with E-state index < -0.39 is 63.0 Å². The first-order valence-corrected chi connectivity index (χ1v) is 25.4. The van der Waals surface area contributed by atoms with E-state index in [1.165, 1.54) is 41.8 Å². The predicted molar refractivity (Wildman–Crippen MR) is 278 cm³/mol. The molecule has 326 valence electrons. The summed E-state index contributed by atoms with van der Waals surface area (Å²) in [5, 5.41) is 12.8. The second-order valence-corrected chi connectivity index (χ2v) is 22.2. The van der Waals surface area contributed by atoms with Crippen molar-refractivity contribution < 1.29 is 22.2 Å². The van der Waals surface area contributed by atoms with Gasteiger partial charge in [-0.3, -0.25) is 15.0 Å². The highest BCUT2D eigenvalue weighted by Gasteiger charge is 2.21. The lowest BCUT2D eigenvalue weighted by Gasteiger charge is -2.17. The normalized spacial score (nSPS) is 15.7. The SMILES string of the molecule is [2H]c1cc2c(oc3c(-c4ccc(C([2H])([2H])C([2H])([2H])c5cc(C([2H])([2H])C([2H])([2H])c6ccc(-c7ccccc7)nc6)cc(C([2H])([2H])C([2H])([2H])c6ccc(-c7ccccc7)nc6)c5)cn4)cccc32)c(-c2ccc([Si](C)(C)C)cc2)c1C#N. The first-order valence-electron chi connectivity index (χ1n) is 28.4. The second kappa shape index (κ2) is 19.0. The average molecular weight is 898 g/mol. The third-order valence-corrected chi connectivity index (χ3v) is 13.5. The molecule has 0 radical (unpaired) electrons. The molecule has 6 aromatic carbocycles. The number of pyridine rings is 3. The topological polar surface area (TPSA) is 75.6 Å². The quantitative estimate of drug-likeness (QED) is 0.102. The number of furan rings is 1. The van der Waals surface area contributed by atoms with Crippen molar-refractivity contribution in [2.75, 3.05) is 0 Å². The van der Waals surface area contributed by atoms with Crippen LogP contribution < -0.4 is 5.19 Å². The third-order valence-electron chi connectivity index (χ3n) is 11.4. The number of nitrogens with zero attached hydrogens (tertiary/aromatic N) is 4. The lowest BCUT2D eigenvalue weighted by atomic mass is 9.94. The number of aromatic nitrogens is 3. The van der Waals surface area contributed by atoms with Gasteiger partial charge in [-0.25, -0.2) is 0 Å². The van der Waals surface area contributed by atoms with Crippen LogP contribution in [0.25, 0.3) is 66.8 Å². The Morgan fingerprint density at radius 3 is 1.43 bits per heavy atom. The molecule has 0 amide bonds. The van der Waals surface area contributed by atoms with Crippen molar-refractivity contribution in [3.8, 4) is 51.0 Å². The number of para-hydroxylation sites is 1. The molecule has 0 saturated heterocycles. The second-order valence-electron chi connectivity index (χ2n) is 17.1. The maximum Gasteiger partial charge on any atom is 0.144 e. The van der Waals surface area contributed by atoms with E-state index >= 15 is 0 Å². The molecule has 0 aliphatic heterocycles. The first-order chi connectivity index (χ1) is 37.7. The fraction of sp³-hybridized carbons (Fsp3) is 0.148. The Morgan fingerprint density at radius 1 is 0.493 bits per heavy atom. The summed E-state index contributed by atoms with van der Waals surface area (Å²) in [6, 6.07) is 46.9. The highest BCUT2D eigenvalue weighted by Crippen LogP contribution is 2.41. The van der Waals surface area contributed by atoms with E-state index in [4.69, 9.17) is 5.79 Å². The van der Waals surface area contributed by atoms with Gasteiger partial charge in [0.15, 0.2) is 0 Å². The van der Waals surface area contributed by atoms with Crippen molar-refractivity contribution in [3.05, 3.63) is 227 Å². The highest BCUT2D eigenvalue weighted by atomic mass is 28.3. The summed E-state index contributed by atoms with van der Waals surface area (Å²) in [4.78, 5) is 13.5. The van der Waals surface area contributed by atoms with Gasteiger partial charge in [-0.05, 0) is 114 Å². The molecule has 0 spiro atoms. The summed E-state index contributed by atoms with van der Waals surface area (Å²) in [6.45, 7) is 6.72. The Balaban J connectivity index is 1.05. The van der Waals surface area contributed by atoms with Crippen LogP contribution in [0.1, 0.15) is 56.8 Å². The highest BCUT2D eigenvalue weighted by molar-refractivity contribution is 6.88. The van der Waals surface area contributed by atoms with Gasteiger partial charge >= 0.3 is 0 Å². The summed E-state index contributed by atoms with van der Waals surface area (Å²) < 4.78 is 129. The van der Waals surface area contributed by atoms with Crippen LogP contribution in [-0.4, -0.2) is 23.0 Å². The number of hydrogen-bond acceptors (Lipinski definition) is 5. The largest absolute Gasteiger partial charge is 0.455 e. The van der Waals surface area contributed by atoms with E-state index in [9.17, 15) is 21.7 Å². The number of aryl methyl sites for hydroxylation is 6. The summed E-state index contributed by atoms with van der Waals surface area (Å²) >= 11 is 0. The Bertz CT molecular complexity index is 3870. The van der Waals surface area contributed by atoms with Crippen LogP contribution in [0.5, 0.6) is 0 Å². The Labute approximate surface area is 412 Å². The number of fused-ring (bicyclic) bond motifs is 3. The smallest absolute Gasteiger partial charge is 0.144 e. The van der Waals surface area contributed by atoms with Crippen LogP contribution in [0, 0.1) is 11.3 Å². The van der Waals surface area contributed by atoms with Crippen LogP contribution in [0.2, 0.25) is 19.6 Å². The van der Waals surface area contributed by atoms with E-state index in [0.29, 0.717) is 55.7 Å². The Kier molecular flexibility index (Phi) is 8.65. The molecule has 67 heavy (non-hydrogen) atoms. The lowest BCUT2D eigenvalue weighted by Crippen LogP contribution is -2.37. The van der Waals surface area contributed by atoms with Crippen LogP contribution >= 0.6 is 0 Å². The standard InChI is InChI=1S/C61H52N4OSi/c1-67(2,3)52-29-26-50(27-30-52)59-51(38-62)28-31-54-53-15-10-16-55(60(53)66-61(54)59)58-34-25-44(41-65-58)19-22-47-36-45(20-17-42-23-32-56(63-39-42)48-11-6-4-7-12-48)35-46(37-47)21-18-43-24-33-57(64-40-43)49-13-8-5-9-14-49/h4-16,23-37,39-41H,17-22H2,1-3H3/i17D2,18D2,19D2,20D2,21D2,22D2,28D. The van der Waals surface area contributed by atoms with E-state index in [1.807, 2.05) is 91.0 Å². The maximum atomic E-state index is 10.3. The monoisotopic (exact) mass is 897 g/mol. The van der Waals surface area contributed by atoms with Crippen molar-refractivity contribution in [1.82, 2.24) is 15.0 Å². The van der Waals surface area contributed by atoms with Gasteiger partial charge in [0.2, 0.25) is 0 Å². The van der Waals surface area contributed by atoms with Crippen molar-refractivity contribution in [1.29, 1.82) is 5.26 Å².